The molecule has 0 aliphatic rings. The van der Waals surface area contributed by atoms with Crippen LogP contribution in [0.4, 0.5) is 4.39 Å². The predicted molar refractivity (Wildman–Crippen MR) is 63.6 cm³/mol. The Morgan fingerprint density at radius 3 is 2.56 bits per heavy atom. The predicted octanol–water partition coefficient (Wildman–Crippen LogP) is 3.84. The molecule has 2 heteroatoms. The molecule has 1 aromatic heterocycles. The van der Waals surface area contributed by atoms with Gasteiger partial charge in [0.2, 0.25) is 0 Å². The molecule has 1 heterocycles. The second-order valence-electron chi connectivity index (χ2n) is 3.77. The first-order valence-corrected chi connectivity index (χ1v) is 5.51. The smallest absolute Gasteiger partial charge is 0.131 e. The molecule has 0 radical (unpaired) electrons. The molecule has 0 N–H and O–H groups in total. The summed E-state index contributed by atoms with van der Waals surface area (Å²) in [5.74, 6) is -0.201. The average molecular weight is 215 g/mol. The molecular formula is C14H14FN. The van der Waals surface area contributed by atoms with E-state index in [0.717, 1.165) is 24.1 Å². The van der Waals surface area contributed by atoms with Crippen LogP contribution in [0.5, 0.6) is 0 Å². The number of hydrogen-bond acceptors (Lipinski definition) is 1. The second kappa shape index (κ2) is 4.88. The van der Waals surface area contributed by atoms with Crippen LogP contribution in [0.3, 0.4) is 0 Å². The third-order valence-electron chi connectivity index (χ3n) is 2.52. The summed E-state index contributed by atoms with van der Waals surface area (Å²) >= 11 is 0. The molecule has 0 saturated heterocycles. The van der Waals surface area contributed by atoms with Gasteiger partial charge in [-0.25, -0.2) is 4.39 Å². The van der Waals surface area contributed by atoms with Crippen LogP contribution in [0.1, 0.15) is 19.0 Å². The normalized spacial score (nSPS) is 10.4. The number of aromatic nitrogens is 1. The van der Waals surface area contributed by atoms with Crippen LogP contribution >= 0.6 is 0 Å². The van der Waals surface area contributed by atoms with Crippen molar-refractivity contribution in [2.24, 2.45) is 0 Å². The standard InChI is InChI=1S/C14H14FN/c1-2-5-12-9-8-11(10-16-12)13-6-3-4-7-14(13)15/h3-4,6-10H,2,5H2,1H3. The Labute approximate surface area is 95.0 Å². The van der Waals surface area contributed by atoms with Gasteiger partial charge in [-0.3, -0.25) is 4.98 Å². The maximum atomic E-state index is 13.5. The molecule has 0 fully saturated rings. The van der Waals surface area contributed by atoms with Gasteiger partial charge in [0, 0.05) is 23.0 Å². The van der Waals surface area contributed by atoms with E-state index in [4.69, 9.17) is 0 Å². The first kappa shape index (κ1) is 10.8. The molecule has 0 atom stereocenters. The molecular weight excluding hydrogens is 201 g/mol. The quantitative estimate of drug-likeness (QED) is 0.758. The SMILES string of the molecule is CCCc1ccc(-c2ccccc2F)cn1. The van der Waals surface area contributed by atoms with Crippen molar-refractivity contribution in [1.29, 1.82) is 0 Å². The van der Waals surface area contributed by atoms with Crippen LogP contribution in [0.15, 0.2) is 42.6 Å². The van der Waals surface area contributed by atoms with Gasteiger partial charge in [0.25, 0.3) is 0 Å². The molecule has 16 heavy (non-hydrogen) atoms. The summed E-state index contributed by atoms with van der Waals surface area (Å²) in [6.45, 7) is 2.12. The number of nitrogens with zero attached hydrogens (tertiary/aromatic N) is 1. The average Bonchev–Trinajstić information content (AvgIpc) is 2.31. The molecule has 0 aliphatic heterocycles. The zero-order valence-electron chi connectivity index (χ0n) is 9.28. The van der Waals surface area contributed by atoms with Crippen molar-refractivity contribution in [2.45, 2.75) is 19.8 Å². The van der Waals surface area contributed by atoms with Crippen molar-refractivity contribution >= 4 is 0 Å². The van der Waals surface area contributed by atoms with E-state index < -0.39 is 0 Å². The lowest BCUT2D eigenvalue weighted by Crippen LogP contribution is -1.90. The van der Waals surface area contributed by atoms with Crippen LogP contribution < -0.4 is 0 Å². The van der Waals surface area contributed by atoms with Gasteiger partial charge in [0.05, 0.1) is 0 Å². The molecule has 2 rings (SSSR count). The largest absolute Gasteiger partial charge is 0.261 e. The van der Waals surface area contributed by atoms with E-state index >= 15 is 0 Å². The summed E-state index contributed by atoms with van der Waals surface area (Å²) in [7, 11) is 0. The summed E-state index contributed by atoms with van der Waals surface area (Å²) in [5, 5.41) is 0. The Hall–Kier alpha value is -1.70. The van der Waals surface area contributed by atoms with Crippen LogP contribution in [0.25, 0.3) is 11.1 Å². The van der Waals surface area contributed by atoms with E-state index in [9.17, 15) is 4.39 Å². The van der Waals surface area contributed by atoms with E-state index in [1.807, 2.05) is 18.2 Å². The van der Waals surface area contributed by atoms with Crippen molar-refractivity contribution in [3.05, 3.63) is 54.1 Å². The number of rotatable bonds is 3. The van der Waals surface area contributed by atoms with Gasteiger partial charge in [0.15, 0.2) is 0 Å². The molecule has 0 bridgehead atoms. The summed E-state index contributed by atoms with van der Waals surface area (Å²) < 4.78 is 13.5. The lowest BCUT2D eigenvalue weighted by atomic mass is 10.1. The lowest BCUT2D eigenvalue weighted by molar-refractivity contribution is 0.631. The Morgan fingerprint density at radius 1 is 1.12 bits per heavy atom. The Morgan fingerprint density at radius 2 is 1.94 bits per heavy atom. The Kier molecular flexibility index (Phi) is 3.30. The molecule has 1 nitrogen and oxygen atoms in total. The van der Waals surface area contributed by atoms with Crippen LogP contribution in [0.2, 0.25) is 0 Å². The number of hydrogen-bond donors (Lipinski definition) is 0. The summed E-state index contributed by atoms with van der Waals surface area (Å²) in [6.07, 6.45) is 3.78. The fourth-order valence-electron chi connectivity index (χ4n) is 1.68. The van der Waals surface area contributed by atoms with Crippen LogP contribution in [-0.4, -0.2) is 4.98 Å². The molecule has 0 saturated carbocycles. The van der Waals surface area contributed by atoms with Gasteiger partial charge < -0.3 is 0 Å². The highest BCUT2D eigenvalue weighted by Crippen LogP contribution is 2.21. The molecule has 1 aromatic carbocycles. The minimum Gasteiger partial charge on any atom is -0.261 e. The summed E-state index contributed by atoms with van der Waals surface area (Å²) in [6, 6.07) is 10.7. The van der Waals surface area contributed by atoms with Crippen LogP contribution in [0, 0.1) is 5.82 Å². The zero-order chi connectivity index (χ0) is 11.4. The first-order valence-electron chi connectivity index (χ1n) is 5.51. The van der Waals surface area contributed by atoms with E-state index in [-0.39, 0.29) is 5.82 Å². The van der Waals surface area contributed by atoms with Crippen molar-refractivity contribution in [3.8, 4) is 11.1 Å². The topological polar surface area (TPSA) is 12.9 Å². The van der Waals surface area contributed by atoms with Gasteiger partial charge in [0.1, 0.15) is 5.82 Å². The molecule has 0 aliphatic carbocycles. The Balaban J connectivity index is 2.31. The van der Waals surface area contributed by atoms with Gasteiger partial charge in [-0.1, -0.05) is 37.6 Å². The number of halogens is 1. The van der Waals surface area contributed by atoms with Gasteiger partial charge in [-0.05, 0) is 18.6 Å². The molecule has 0 spiro atoms. The first-order chi connectivity index (χ1) is 7.81. The fourth-order valence-corrected chi connectivity index (χ4v) is 1.68. The van der Waals surface area contributed by atoms with Gasteiger partial charge in [-0.2, -0.15) is 0 Å². The number of aryl methyl sites for hydroxylation is 1. The zero-order valence-corrected chi connectivity index (χ0v) is 9.28. The minimum absolute atomic E-state index is 0.201. The summed E-state index contributed by atoms with van der Waals surface area (Å²) in [5.41, 5.74) is 2.50. The third kappa shape index (κ3) is 2.27. The minimum atomic E-state index is -0.201. The highest BCUT2D eigenvalue weighted by Gasteiger charge is 2.03. The monoisotopic (exact) mass is 215 g/mol. The van der Waals surface area contributed by atoms with Crippen molar-refractivity contribution in [1.82, 2.24) is 4.98 Å². The molecule has 0 unspecified atom stereocenters. The maximum Gasteiger partial charge on any atom is 0.131 e. The van der Waals surface area contributed by atoms with E-state index in [1.54, 1.807) is 18.3 Å². The second-order valence-corrected chi connectivity index (χ2v) is 3.77. The fraction of sp³-hybridized carbons (Fsp3) is 0.214. The van der Waals surface area contributed by atoms with E-state index in [2.05, 4.69) is 11.9 Å². The lowest BCUT2D eigenvalue weighted by Gasteiger charge is -2.03. The van der Waals surface area contributed by atoms with E-state index in [0.29, 0.717) is 5.56 Å². The van der Waals surface area contributed by atoms with Crippen molar-refractivity contribution in [3.63, 3.8) is 0 Å². The van der Waals surface area contributed by atoms with Crippen LogP contribution in [-0.2, 0) is 6.42 Å². The molecule has 82 valence electrons. The van der Waals surface area contributed by atoms with Gasteiger partial charge >= 0.3 is 0 Å². The van der Waals surface area contributed by atoms with Crippen molar-refractivity contribution < 1.29 is 4.39 Å². The van der Waals surface area contributed by atoms with E-state index in [1.165, 1.54) is 6.07 Å². The summed E-state index contributed by atoms with van der Waals surface area (Å²) in [4.78, 5) is 4.32. The molecule has 0 amide bonds. The maximum absolute atomic E-state index is 13.5. The molecule has 2 aromatic rings. The third-order valence-corrected chi connectivity index (χ3v) is 2.52. The number of pyridine rings is 1. The van der Waals surface area contributed by atoms with Crippen molar-refractivity contribution in [2.75, 3.05) is 0 Å². The number of benzene rings is 1. The van der Waals surface area contributed by atoms with Gasteiger partial charge in [-0.15, -0.1) is 0 Å². The highest BCUT2D eigenvalue weighted by molar-refractivity contribution is 5.62. The highest BCUT2D eigenvalue weighted by atomic mass is 19.1. The Bertz CT molecular complexity index is 462.